The molecule has 0 aromatic heterocycles. The molecule has 0 aliphatic rings. The second kappa shape index (κ2) is 8.24. The molecule has 0 spiro atoms. The van der Waals surface area contributed by atoms with Crippen molar-refractivity contribution in [1.82, 2.24) is 0 Å². The summed E-state index contributed by atoms with van der Waals surface area (Å²) in [4.78, 5) is 0. The van der Waals surface area contributed by atoms with E-state index in [0.717, 1.165) is 16.9 Å². The van der Waals surface area contributed by atoms with Gasteiger partial charge in [-0.25, -0.2) is 0 Å². The van der Waals surface area contributed by atoms with E-state index in [1.807, 2.05) is 31.2 Å². The first-order valence-corrected chi connectivity index (χ1v) is 9.64. The van der Waals surface area contributed by atoms with Crippen LogP contribution in [0.4, 0.5) is 11.4 Å². The minimum absolute atomic E-state index is 0.0239. The molecule has 3 heteroatoms. The molecule has 0 unspecified atom stereocenters. The van der Waals surface area contributed by atoms with E-state index in [1.54, 1.807) is 6.07 Å². The normalized spacial score (nSPS) is 11.9. The van der Waals surface area contributed by atoms with Crippen molar-refractivity contribution in [1.29, 1.82) is 0 Å². The van der Waals surface area contributed by atoms with E-state index in [2.05, 4.69) is 55.4 Å². The molecule has 2 rings (SSSR count). The van der Waals surface area contributed by atoms with Crippen molar-refractivity contribution < 1.29 is 5.11 Å². The number of nitrogen functional groups attached to an aromatic ring is 2. The standard InChI is InChI=1S/C13H22N2.C11H16O/c1-8(2)11-9(14)6-7-10(15)12(11)13(3,4)5;1-8-5-6-10(12)9(7-8)11(2,3)4/h6-8H,14-15H2,1-5H3;5-7,12H,1-4H3. The Morgan fingerprint density at radius 2 is 1.33 bits per heavy atom. The van der Waals surface area contributed by atoms with Crippen LogP contribution in [0.25, 0.3) is 0 Å². The van der Waals surface area contributed by atoms with Crippen molar-refractivity contribution in [2.45, 2.75) is 79.1 Å². The third kappa shape index (κ3) is 5.92. The molecule has 0 aliphatic heterocycles. The third-order valence-electron chi connectivity index (χ3n) is 4.60. The van der Waals surface area contributed by atoms with Gasteiger partial charge in [-0.05, 0) is 58.6 Å². The van der Waals surface area contributed by atoms with Gasteiger partial charge in [0.2, 0.25) is 0 Å². The highest BCUT2D eigenvalue weighted by Gasteiger charge is 2.23. The number of hydrogen-bond acceptors (Lipinski definition) is 3. The summed E-state index contributed by atoms with van der Waals surface area (Å²) in [7, 11) is 0. The second-order valence-electron chi connectivity index (χ2n) is 9.71. The molecule has 0 fully saturated rings. The smallest absolute Gasteiger partial charge is 0.119 e. The molecule has 5 N–H and O–H groups in total. The van der Waals surface area contributed by atoms with Crippen molar-refractivity contribution in [3.05, 3.63) is 52.6 Å². The van der Waals surface area contributed by atoms with E-state index >= 15 is 0 Å². The SMILES string of the molecule is CC(C)c1c(N)ccc(N)c1C(C)(C)C.Cc1ccc(O)c(C(C)(C)C)c1. The molecule has 2 aromatic rings. The topological polar surface area (TPSA) is 72.3 Å². The number of nitrogens with two attached hydrogens (primary N) is 2. The molecule has 0 atom stereocenters. The molecule has 2 aromatic carbocycles. The van der Waals surface area contributed by atoms with Gasteiger partial charge in [-0.1, -0.05) is 73.1 Å². The lowest BCUT2D eigenvalue weighted by Gasteiger charge is -2.27. The highest BCUT2D eigenvalue weighted by Crippen LogP contribution is 2.38. The molecule has 3 nitrogen and oxygen atoms in total. The van der Waals surface area contributed by atoms with Gasteiger partial charge in [0.15, 0.2) is 0 Å². The van der Waals surface area contributed by atoms with Gasteiger partial charge in [0.1, 0.15) is 5.75 Å². The first-order chi connectivity index (χ1) is 12.2. The van der Waals surface area contributed by atoms with Gasteiger partial charge in [-0.15, -0.1) is 0 Å². The summed E-state index contributed by atoms with van der Waals surface area (Å²) in [5.41, 5.74) is 18.5. The molecule has 150 valence electrons. The molecule has 0 amide bonds. The summed E-state index contributed by atoms with van der Waals surface area (Å²) in [6.45, 7) is 19.2. The number of aryl methyl sites for hydroxylation is 1. The largest absolute Gasteiger partial charge is 0.508 e. The molecule has 27 heavy (non-hydrogen) atoms. The van der Waals surface area contributed by atoms with E-state index in [1.165, 1.54) is 16.7 Å². The molecule has 0 aliphatic carbocycles. The average molecular weight is 371 g/mol. The van der Waals surface area contributed by atoms with E-state index in [9.17, 15) is 5.11 Å². The Kier molecular flexibility index (Phi) is 6.99. The van der Waals surface area contributed by atoms with E-state index in [-0.39, 0.29) is 10.8 Å². The number of phenols is 1. The predicted octanol–water partition coefficient (Wildman–Crippen LogP) is 6.27. The second-order valence-corrected chi connectivity index (χ2v) is 9.71. The predicted molar refractivity (Wildman–Crippen MR) is 120 cm³/mol. The van der Waals surface area contributed by atoms with E-state index < -0.39 is 0 Å². The lowest BCUT2D eigenvalue weighted by molar-refractivity contribution is 0.446. The number of benzene rings is 2. The molecule has 0 saturated carbocycles. The number of hydrogen-bond donors (Lipinski definition) is 3. The maximum absolute atomic E-state index is 9.57. The fourth-order valence-electron chi connectivity index (χ4n) is 3.36. The van der Waals surface area contributed by atoms with Crippen LogP contribution in [0.3, 0.4) is 0 Å². The van der Waals surface area contributed by atoms with Crippen LogP contribution >= 0.6 is 0 Å². The zero-order valence-corrected chi connectivity index (χ0v) is 18.6. The van der Waals surface area contributed by atoms with Crippen molar-refractivity contribution in [3.8, 4) is 5.75 Å². The molecule has 0 saturated heterocycles. The summed E-state index contributed by atoms with van der Waals surface area (Å²) in [5.74, 6) is 0.802. The van der Waals surface area contributed by atoms with Crippen LogP contribution in [0, 0.1) is 6.92 Å². The van der Waals surface area contributed by atoms with Crippen molar-refractivity contribution in [2.75, 3.05) is 11.5 Å². The summed E-state index contributed by atoms with van der Waals surface area (Å²) in [6, 6.07) is 9.53. The van der Waals surface area contributed by atoms with Gasteiger partial charge in [0, 0.05) is 11.4 Å². The zero-order chi connectivity index (χ0) is 21.2. The Hall–Kier alpha value is -2.16. The van der Waals surface area contributed by atoms with Gasteiger partial charge in [-0.2, -0.15) is 0 Å². The van der Waals surface area contributed by atoms with Crippen LogP contribution in [-0.2, 0) is 10.8 Å². The van der Waals surface area contributed by atoms with Crippen LogP contribution in [0.5, 0.6) is 5.75 Å². The Balaban J connectivity index is 0.000000277. The highest BCUT2D eigenvalue weighted by molar-refractivity contribution is 5.65. The van der Waals surface area contributed by atoms with Gasteiger partial charge in [0.05, 0.1) is 0 Å². The van der Waals surface area contributed by atoms with Crippen molar-refractivity contribution in [3.63, 3.8) is 0 Å². The van der Waals surface area contributed by atoms with Gasteiger partial charge in [-0.3, -0.25) is 0 Å². The minimum Gasteiger partial charge on any atom is -0.508 e. The number of phenolic OH excluding ortho intramolecular Hbond substituents is 1. The minimum atomic E-state index is 0.0239. The molecule has 0 heterocycles. The monoisotopic (exact) mass is 370 g/mol. The van der Waals surface area contributed by atoms with E-state index in [4.69, 9.17) is 11.5 Å². The van der Waals surface area contributed by atoms with Gasteiger partial charge in [0.25, 0.3) is 0 Å². The van der Waals surface area contributed by atoms with Crippen LogP contribution < -0.4 is 11.5 Å². The summed E-state index contributed by atoms with van der Waals surface area (Å²) in [6.07, 6.45) is 0. The molecule has 0 radical (unpaired) electrons. The van der Waals surface area contributed by atoms with Crippen LogP contribution in [0.15, 0.2) is 30.3 Å². The Bertz CT molecular complexity index is 778. The Labute approximate surface area is 165 Å². The summed E-state index contributed by atoms with van der Waals surface area (Å²) >= 11 is 0. The molecular formula is C24H38N2O. The lowest BCUT2D eigenvalue weighted by atomic mass is 9.79. The van der Waals surface area contributed by atoms with Gasteiger partial charge < -0.3 is 16.6 Å². The lowest BCUT2D eigenvalue weighted by Crippen LogP contribution is -2.19. The quantitative estimate of drug-likeness (QED) is 0.518. The van der Waals surface area contributed by atoms with Crippen LogP contribution in [0.1, 0.15) is 83.6 Å². The zero-order valence-electron chi connectivity index (χ0n) is 18.6. The maximum atomic E-state index is 9.57. The van der Waals surface area contributed by atoms with Gasteiger partial charge >= 0.3 is 0 Å². The fraction of sp³-hybridized carbons (Fsp3) is 0.500. The average Bonchev–Trinajstić information content (AvgIpc) is 2.50. The summed E-state index contributed by atoms with van der Waals surface area (Å²) < 4.78 is 0. The van der Waals surface area contributed by atoms with E-state index in [0.29, 0.717) is 11.7 Å². The summed E-state index contributed by atoms with van der Waals surface area (Å²) in [5, 5.41) is 9.57. The molecular weight excluding hydrogens is 332 g/mol. The first-order valence-electron chi connectivity index (χ1n) is 9.64. The van der Waals surface area contributed by atoms with Crippen LogP contribution in [0.2, 0.25) is 0 Å². The van der Waals surface area contributed by atoms with Crippen molar-refractivity contribution in [2.24, 2.45) is 0 Å². The Morgan fingerprint density at radius 1 is 0.815 bits per heavy atom. The van der Waals surface area contributed by atoms with Crippen molar-refractivity contribution >= 4 is 11.4 Å². The maximum Gasteiger partial charge on any atom is 0.119 e. The van der Waals surface area contributed by atoms with Crippen LogP contribution in [-0.4, -0.2) is 5.11 Å². The fourth-order valence-corrected chi connectivity index (χ4v) is 3.36. The number of aromatic hydroxyl groups is 1. The first kappa shape index (κ1) is 22.9. The Morgan fingerprint density at radius 3 is 1.70 bits per heavy atom. The molecule has 0 bridgehead atoms. The number of rotatable bonds is 1. The third-order valence-corrected chi connectivity index (χ3v) is 4.60. The number of anilines is 2. The highest BCUT2D eigenvalue weighted by atomic mass is 16.3.